The maximum atomic E-state index is 11.3. The van der Waals surface area contributed by atoms with Crippen molar-refractivity contribution in [3.63, 3.8) is 0 Å². The monoisotopic (exact) mass is 227 g/mol. The van der Waals surface area contributed by atoms with Crippen LogP contribution < -0.4 is 4.72 Å². The van der Waals surface area contributed by atoms with Crippen molar-refractivity contribution in [2.75, 3.05) is 11.6 Å². The minimum absolute atomic E-state index is 0.0136. The van der Waals surface area contributed by atoms with Gasteiger partial charge >= 0.3 is 0 Å². The first-order valence-corrected chi connectivity index (χ1v) is 6.63. The normalized spacial score (nSPS) is 14.8. The average molecular weight is 228 g/mol. The van der Waals surface area contributed by atoms with E-state index in [9.17, 15) is 8.42 Å². The Kier molecular flexibility index (Phi) is 5.92. The van der Waals surface area contributed by atoms with E-state index in [0.29, 0.717) is 18.2 Å². The molecule has 0 heterocycles. The zero-order chi connectivity index (χ0) is 10.5. The quantitative estimate of drug-likeness (QED) is 0.701. The number of hydrogen-bond acceptors (Lipinski definition) is 2. The Labute approximate surface area is 85.9 Å². The third kappa shape index (κ3) is 6.29. The molecule has 0 saturated heterocycles. The first-order chi connectivity index (χ1) is 5.89. The van der Waals surface area contributed by atoms with E-state index in [-0.39, 0.29) is 11.8 Å². The Balaban J connectivity index is 4.02. The molecule has 0 amide bonds. The molecule has 0 saturated carbocycles. The van der Waals surface area contributed by atoms with Gasteiger partial charge in [0.25, 0.3) is 0 Å². The molecule has 5 heteroatoms. The van der Waals surface area contributed by atoms with Gasteiger partial charge in [-0.05, 0) is 19.3 Å². The van der Waals surface area contributed by atoms with Gasteiger partial charge in [0.05, 0.1) is 5.75 Å². The summed E-state index contributed by atoms with van der Waals surface area (Å²) in [5.41, 5.74) is 0. The summed E-state index contributed by atoms with van der Waals surface area (Å²) in [6.07, 6.45) is 0.502. The molecule has 13 heavy (non-hydrogen) atoms. The van der Waals surface area contributed by atoms with E-state index in [1.807, 2.05) is 20.8 Å². The second kappa shape index (κ2) is 5.83. The molecule has 0 aromatic heterocycles. The van der Waals surface area contributed by atoms with E-state index in [0.717, 1.165) is 0 Å². The van der Waals surface area contributed by atoms with E-state index < -0.39 is 10.0 Å². The van der Waals surface area contributed by atoms with E-state index in [4.69, 9.17) is 11.6 Å². The summed E-state index contributed by atoms with van der Waals surface area (Å²) in [7, 11) is -3.12. The Hall–Kier alpha value is 0.200. The Bertz CT molecular complexity index is 226. The van der Waals surface area contributed by atoms with Crippen molar-refractivity contribution in [1.29, 1.82) is 0 Å². The second-order valence-electron chi connectivity index (χ2n) is 3.51. The SMILES string of the molecule is CC(C)C(C)NS(=O)(=O)CCCCl. The summed E-state index contributed by atoms with van der Waals surface area (Å²) in [5, 5.41) is 0. The van der Waals surface area contributed by atoms with Gasteiger partial charge in [-0.1, -0.05) is 13.8 Å². The van der Waals surface area contributed by atoms with Crippen LogP contribution >= 0.6 is 11.6 Å². The summed E-state index contributed by atoms with van der Waals surface area (Å²) < 4.78 is 25.3. The fraction of sp³-hybridized carbons (Fsp3) is 1.00. The highest BCUT2D eigenvalue weighted by atomic mass is 35.5. The smallest absolute Gasteiger partial charge is 0.211 e. The van der Waals surface area contributed by atoms with E-state index in [1.165, 1.54) is 0 Å². The highest BCUT2D eigenvalue weighted by Crippen LogP contribution is 2.02. The third-order valence-corrected chi connectivity index (χ3v) is 3.74. The standard InChI is InChI=1S/C8H18ClNO2S/c1-7(2)8(3)10-13(11,12)6-4-5-9/h7-8,10H,4-6H2,1-3H3. The molecule has 0 aromatic carbocycles. The summed E-state index contributed by atoms with van der Waals surface area (Å²) >= 11 is 5.41. The maximum absolute atomic E-state index is 11.3. The molecule has 0 spiro atoms. The van der Waals surface area contributed by atoms with Gasteiger partial charge in [0.15, 0.2) is 0 Å². The Morgan fingerprint density at radius 2 is 1.85 bits per heavy atom. The van der Waals surface area contributed by atoms with Gasteiger partial charge in [-0.2, -0.15) is 0 Å². The highest BCUT2D eigenvalue weighted by Gasteiger charge is 2.15. The first kappa shape index (κ1) is 13.2. The minimum Gasteiger partial charge on any atom is -0.212 e. The molecule has 1 N–H and O–H groups in total. The number of nitrogens with one attached hydrogen (secondary N) is 1. The Morgan fingerprint density at radius 3 is 2.23 bits per heavy atom. The number of alkyl halides is 1. The predicted molar refractivity (Wildman–Crippen MR) is 56.6 cm³/mol. The molecule has 0 fully saturated rings. The summed E-state index contributed by atoms with van der Waals surface area (Å²) in [5.74, 6) is 0.815. The van der Waals surface area contributed by atoms with Gasteiger partial charge in [0.1, 0.15) is 0 Å². The van der Waals surface area contributed by atoms with Crippen LogP contribution in [0.2, 0.25) is 0 Å². The van der Waals surface area contributed by atoms with E-state index in [1.54, 1.807) is 0 Å². The summed E-state index contributed by atoms with van der Waals surface area (Å²) in [6, 6.07) is -0.0136. The number of halogens is 1. The molecule has 0 aliphatic carbocycles. The molecule has 0 aromatic rings. The van der Waals surface area contributed by atoms with Crippen molar-refractivity contribution in [1.82, 2.24) is 4.72 Å². The van der Waals surface area contributed by atoms with Gasteiger partial charge < -0.3 is 0 Å². The topological polar surface area (TPSA) is 46.2 Å². The van der Waals surface area contributed by atoms with Crippen LogP contribution in [0.15, 0.2) is 0 Å². The van der Waals surface area contributed by atoms with Crippen LogP contribution in [0.5, 0.6) is 0 Å². The average Bonchev–Trinajstić information content (AvgIpc) is 2.00. The van der Waals surface area contributed by atoms with Gasteiger partial charge in [-0.3, -0.25) is 0 Å². The zero-order valence-electron chi connectivity index (χ0n) is 8.38. The second-order valence-corrected chi connectivity index (χ2v) is 5.76. The summed E-state index contributed by atoms with van der Waals surface area (Å²) in [6.45, 7) is 5.83. The fourth-order valence-electron chi connectivity index (χ4n) is 0.723. The fourth-order valence-corrected chi connectivity index (χ4v) is 2.50. The van der Waals surface area contributed by atoms with Crippen molar-refractivity contribution in [2.24, 2.45) is 5.92 Å². The molecular weight excluding hydrogens is 210 g/mol. The maximum Gasteiger partial charge on any atom is 0.211 e. The molecule has 0 aliphatic heterocycles. The largest absolute Gasteiger partial charge is 0.212 e. The highest BCUT2D eigenvalue weighted by molar-refractivity contribution is 7.89. The predicted octanol–water partition coefficient (Wildman–Crippen LogP) is 1.58. The van der Waals surface area contributed by atoms with Gasteiger partial charge in [0.2, 0.25) is 10.0 Å². The van der Waals surface area contributed by atoms with Crippen LogP contribution in [-0.2, 0) is 10.0 Å². The van der Waals surface area contributed by atoms with Gasteiger partial charge in [-0.25, -0.2) is 13.1 Å². The summed E-state index contributed by atoms with van der Waals surface area (Å²) in [4.78, 5) is 0. The minimum atomic E-state index is -3.12. The molecule has 1 atom stereocenters. The molecule has 1 unspecified atom stereocenters. The number of hydrogen-bond donors (Lipinski definition) is 1. The number of sulfonamides is 1. The van der Waals surface area contributed by atoms with E-state index in [2.05, 4.69) is 4.72 Å². The lowest BCUT2D eigenvalue weighted by Gasteiger charge is -2.17. The van der Waals surface area contributed by atoms with Crippen LogP contribution in [0.25, 0.3) is 0 Å². The van der Waals surface area contributed by atoms with Crippen molar-refractivity contribution < 1.29 is 8.42 Å². The van der Waals surface area contributed by atoms with Crippen LogP contribution in [0.3, 0.4) is 0 Å². The lowest BCUT2D eigenvalue weighted by molar-refractivity contribution is 0.476. The van der Waals surface area contributed by atoms with Gasteiger partial charge in [-0.15, -0.1) is 11.6 Å². The van der Waals surface area contributed by atoms with Gasteiger partial charge in [0, 0.05) is 11.9 Å². The number of rotatable bonds is 6. The molecule has 80 valence electrons. The van der Waals surface area contributed by atoms with Crippen molar-refractivity contribution in [2.45, 2.75) is 33.2 Å². The molecule has 3 nitrogen and oxygen atoms in total. The van der Waals surface area contributed by atoms with Crippen LogP contribution in [0, 0.1) is 5.92 Å². The zero-order valence-corrected chi connectivity index (χ0v) is 9.95. The van der Waals surface area contributed by atoms with Crippen LogP contribution in [-0.4, -0.2) is 26.1 Å². The molecule has 0 aliphatic rings. The van der Waals surface area contributed by atoms with Crippen molar-refractivity contribution in [3.8, 4) is 0 Å². The van der Waals surface area contributed by atoms with Crippen molar-refractivity contribution >= 4 is 21.6 Å². The lowest BCUT2D eigenvalue weighted by atomic mass is 10.1. The van der Waals surface area contributed by atoms with Crippen molar-refractivity contribution in [3.05, 3.63) is 0 Å². The Morgan fingerprint density at radius 1 is 1.31 bits per heavy atom. The molecule has 0 bridgehead atoms. The first-order valence-electron chi connectivity index (χ1n) is 4.45. The van der Waals surface area contributed by atoms with E-state index >= 15 is 0 Å². The molecular formula is C8H18ClNO2S. The lowest BCUT2D eigenvalue weighted by Crippen LogP contribution is -2.37. The van der Waals surface area contributed by atoms with Crippen LogP contribution in [0.1, 0.15) is 27.2 Å². The molecule has 0 radical (unpaired) electrons. The third-order valence-electron chi connectivity index (χ3n) is 1.91. The van der Waals surface area contributed by atoms with Crippen LogP contribution in [0.4, 0.5) is 0 Å². The molecule has 0 rings (SSSR count).